The molecule has 0 saturated carbocycles. The van der Waals surface area contributed by atoms with E-state index >= 15 is 0 Å². The Morgan fingerprint density at radius 3 is 2.50 bits per heavy atom. The Morgan fingerprint density at radius 2 is 1.93 bits per heavy atom. The maximum Gasteiger partial charge on any atom is 0.161 e. The number of hydrogen-bond acceptors (Lipinski definition) is 3. The lowest BCUT2D eigenvalue weighted by Gasteiger charge is -2.15. The molecule has 1 N–H and O–H groups in total. The quantitative estimate of drug-likeness (QED) is 0.781. The lowest BCUT2D eigenvalue weighted by molar-refractivity contribution is 0.164. The van der Waals surface area contributed by atoms with Crippen molar-refractivity contribution in [3.8, 4) is 11.5 Å². The average molecular weight is 196 g/mol. The van der Waals surface area contributed by atoms with Crippen LogP contribution < -0.4 is 9.47 Å². The van der Waals surface area contributed by atoms with Crippen molar-refractivity contribution in [1.29, 1.82) is 0 Å². The van der Waals surface area contributed by atoms with E-state index in [-0.39, 0.29) is 12.7 Å². The van der Waals surface area contributed by atoms with Gasteiger partial charge in [-0.3, -0.25) is 0 Å². The van der Waals surface area contributed by atoms with Gasteiger partial charge in [-0.05, 0) is 19.1 Å². The number of para-hydroxylation sites is 2. The van der Waals surface area contributed by atoms with Crippen LogP contribution >= 0.6 is 0 Å². The third-order valence-electron chi connectivity index (χ3n) is 1.93. The number of aliphatic hydroxyl groups is 1. The first-order chi connectivity index (χ1) is 6.77. The molecule has 0 saturated heterocycles. The Balaban J connectivity index is 2.65. The Bertz CT molecular complexity index is 273. The van der Waals surface area contributed by atoms with Crippen LogP contribution in [0, 0.1) is 0 Å². The molecule has 0 aromatic heterocycles. The minimum Gasteiger partial charge on any atom is -0.493 e. The van der Waals surface area contributed by atoms with Crippen LogP contribution in [0.25, 0.3) is 0 Å². The van der Waals surface area contributed by atoms with Crippen molar-refractivity contribution in [2.45, 2.75) is 19.4 Å². The van der Waals surface area contributed by atoms with Gasteiger partial charge in [-0.2, -0.15) is 0 Å². The van der Waals surface area contributed by atoms with Crippen LogP contribution in [0.1, 0.15) is 13.3 Å². The summed E-state index contributed by atoms with van der Waals surface area (Å²) in [6.45, 7) is 2.05. The van der Waals surface area contributed by atoms with E-state index in [1.165, 1.54) is 0 Å². The molecular weight excluding hydrogens is 180 g/mol. The van der Waals surface area contributed by atoms with Gasteiger partial charge in [-0.25, -0.2) is 0 Å². The van der Waals surface area contributed by atoms with Crippen LogP contribution in [0.5, 0.6) is 11.5 Å². The Kier molecular flexibility index (Phi) is 4.26. The zero-order valence-corrected chi connectivity index (χ0v) is 8.56. The second-order valence-corrected chi connectivity index (χ2v) is 3.09. The summed E-state index contributed by atoms with van der Waals surface area (Å²) in [4.78, 5) is 0. The zero-order chi connectivity index (χ0) is 10.4. The molecule has 1 rings (SSSR count). The van der Waals surface area contributed by atoms with E-state index in [0.29, 0.717) is 6.42 Å². The summed E-state index contributed by atoms with van der Waals surface area (Å²) in [6.07, 6.45) is 0.620. The van der Waals surface area contributed by atoms with Crippen molar-refractivity contribution in [2.24, 2.45) is 0 Å². The Morgan fingerprint density at radius 1 is 1.29 bits per heavy atom. The summed E-state index contributed by atoms with van der Waals surface area (Å²) in [6, 6.07) is 7.49. The van der Waals surface area contributed by atoms with Gasteiger partial charge in [-0.15, -0.1) is 0 Å². The highest BCUT2D eigenvalue weighted by atomic mass is 16.5. The molecule has 0 aliphatic heterocycles. The molecular formula is C11H16O3. The molecule has 0 amide bonds. The highest BCUT2D eigenvalue weighted by Crippen LogP contribution is 2.27. The van der Waals surface area contributed by atoms with Crippen molar-refractivity contribution in [1.82, 2.24) is 0 Å². The van der Waals surface area contributed by atoms with Gasteiger partial charge < -0.3 is 14.6 Å². The van der Waals surface area contributed by atoms with Crippen LogP contribution in [-0.4, -0.2) is 24.9 Å². The Labute approximate surface area is 84.3 Å². The summed E-state index contributed by atoms with van der Waals surface area (Å²) in [5.41, 5.74) is 0. The first kappa shape index (κ1) is 10.9. The molecule has 0 aliphatic carbocycles. The van der Waals surface area contributed by atoms with E-state index in [2.05, 4.69) is 0 Å². The molecule has 0 spiro atoms. The summed E-state index contributed by atoms with van der Waals surface area (Å²) in [5.74, 6) is 1.44. The average Bonchev–Trinajstić information content (AvgIpc) is 2.19. The number of methoxy groups -OCH3 is 1. The molecule has 1 unspecified atom stereocenters. The number of aliphatic hydroxyl groups excluding tert-OH is 1. The molecule has 78 valence electrons. The second-order valence-electron chi connectivity index (χ2n) is 3.09. The van der Waals surface area contributed by atoms with Crippen molar-refractivity contribution < 1.29 is 14.6 Å². The number of ether oxygens (including phenoxy) is 2. The summed E-state index contributed by atoms with van der Waals surface area (Å²) in [5, 5.41) is 8.73. The topological polar surface area (TPSA) is 38.7 Å². The molecule has 1 aromatic rings. The number of benzene rings is 1. The lowest BCUT2D eigenvalue weighted by Crippen LogP contribution is -2.13. The van der Waals surface area contributed by atoms with Crippen molar-refractivity contribution >= 4 is 0 Å². The number of hydrogen-bond donors (Lipinski definition) is 1. The monoisotopic (exact) mass is 196 g/mol. The van der Waals surface area contributed by atoms with Gasteiger partial charge in [0.1, 0.15) is 0 Å². The Hall–Kier alpha value is -1.22. The molecule has 0 heterocycles. The first-order valence-electron chi connectivity index (χ1n) is 4.68. The first-order valence-corrected chi connectivity index (χ1v) is 4.68. The van der Waals surface area contributed by atoms with E-state index in [1.54, 1.807) is 7.11 Å². The standard InChI is InChI=1S/C11H16O3/c1-9(7-8-12)14-11-6-4-3-5-10(11)13-2/h3-6,9,12H,7-8H2,1-2H3. The van der Waals surface area contributed by atoms with Crippen molar-refractivity contribution in [3.63, 3.8) is 0 Å². The third-order valence-corrected chi connectivity index (χ3v) is 1.93. The fourth-order valence-corrected chi connectivity index (χ4v) is 1.17. The van der Waals surface area contributed by atoms with Gasteiger partial charge >= 0.3 is 0 Å². The predicted octanol–water partition coefficient (Wildman–Crippen LogP) is 1.84. The van der Waals surface area contributed by atoms with Crippen LogP contribution in [0.2, 0.25) is 0 Å². The minimum absolute atomic E-state index is 0.00343. The van der Waals surface area contributed by atoms with Gasteiger partial charge in [-0.1, -0.05) is 12.1 Å². The summed E-state index contributed by atoms with van der Waals surface area (Å²) < 4.78 is 10.7. The minimum atomic E-state index is -0.00343. The van der Waals surface area contributed by atoms with Crippen molar-refractivity contribution in [2.75, 3.05) is 13.7 Å². The lowest BCUT2D eigenvalue weighted by atomic mass is 10.3. The van der Waals surface area contributed by atoms with E-state index in [9.17, 15) is 0 Å². The molecule has 14 heavy (non-hydrogen) atoms. The number of rotatable bonds is 5. The fraction of sp³-hybridized carbons (Fsp3) is 0.455. The molecule has 3 nitrogen and oxygen atoms in total. The second kappa shape index (κ2) is 5.50. The molecule has 0 aliphatic rings. The van der Waals surface area contributed by atoms with E-state index in [0.717, 1.165) is 11.5 Å². The molecule has 1 atom stereocenters. The van der Waals surface area contributed by atoms with E-state index in [4.69, 9.17) is 14.6 Å². The van der Waals surface area contributed by atoms with Crippen LogP contribution in [0.4, 0.5) is 0 Å². The van der Waals surface area contributed by atoms with E-state index < -0.39 is 0 Å². The maximum absolute atomic E-state index is 8.73. The molecule has 1 aromatic carbocycles. The summed E-state index contributed by atoms with van der Waals surface area (Å²) in [7, 11) is 1.61. The van der Waals surface area contributed by atoms with Gasteiger partial charge in [0, 0.05) is 13.0 Å². The van der Waals surface area contributed by atoms with Crippen molar-refractivity contribution in [3.05, 3.63) is 24.3 Å². The molecule has 0 radical (unpaired) electrons. The van der Waals surface area contributed by atoms with Crippen LogP contribution in [-0.2, 0) is 0 Å². The van der Waals surface area contributed by atoms with Gasteiger partial charge in [0.05, 0.1) is 13.2 Å². The smallest absolute Gasteiger partial charge is 0.161 e. The molecule has 3 heteroatoms. The van der Waals surface area contributed by atoms with Gasteiger partial charge in [0.15, 0.2) is 11.5 Å². The van der Waals surface area contributed by atoms with Crippen LogP contribution in [0.3, 0.4) is 0 Å². The third kappa shape index (κ3) is 2.92. The zero-order valence-electron chi connectivity index (χ0n) is 8.56. The molecule has 0 bridgehead atoms. The fourth-order valence-electron chi connectivity index (χ4n) is 1.17. The highest BCUT2D eigenvalue weighted by Gasteiger charge is 2.07. The maximum atomic E-state index is 8.73. The highest BCUT2D eigenvalue weighted by molar-refractivity contribution is 5.39. The predicted molar refractivity (Wildman–Crippen MR) is 54.8 cm³/mol. The normalized spacial score (nSPS) is 12.2. The SMILES string of the molecule is COc1ccccc1OC(C)CCO. The molecule has 0 fully saturated rings. The van der Waals surface area contributed by atoms with Gasteiger partial charge in [0.2, 0.25) is 0 Å². The summed E-state index contributed by atoms with van der Waals surface area (Å²) >= 11 is 0. The van der Waals surface area contributed by atoms with E-state index in [1.807, 2.05) is 31.2 Å². The largest absolute Gasteiger partial charge is 0.493 e. The van der Waals surface area contributed by atoms with Gasteiger partial charge in [0.25, 0.3) is 0 Å². The van der Waals surface area contributed by atoms with Crippen LogP contribution in [0.15, 0.2) is 24.3 Å².